The van der Waals surface area contributed by atoms with Gasteiger partial charge in [-0.25, -0.2) is 17.2 Å². The van der Waals surface area contributed by atoms with Gasteiger partial charge in [-0.3, -0.25) is 4.79 Å². The first-order valence-corrected chi connectivity index (χ1v) is 14.3. The van der Waals surface area contributed by atoms with Crippen molar-refractivity contribution in [3.63, 3.8) is 0 Å². The fourth-order valence-corrected chi connectivity index (χ4v) is 7.39. The van der Waals surface area contributed by atoms with E-state index in [9.17, 15) is 18.0 Å². The van der Waals surface area contributed by atoms with Gasteiger partial charge in [0.25, 0.3) is 10.0 Å². The summed E-state index contributed by atoms with van der Waals surface area (Å²) in [5.74, 6) is -2.16. The van der Waals surface area contributed by atoms with Gasteiger partial charge in [-0.1, -0.05) is 57.9 Å². The highest BCUT2D eigenvalue weighted by Gasteiger charge is 2.54. The summed E-state index contributed by atoms with van der Waals surface area (Å²) in [5.41, 5.74) is 0.910. The maximum atomic E-state index is 13.8. The molecule has 0 radical (unpaired) electrons. The van der Waals surface area contributed by atoms with Crippen LogP contribution in [-0.2, 0) is 29.1 Å². The molecule has 1 aliphatic carbocycles. The summed E-state index contributed by atoms with van der Waals surface area (Å²) in [4.78, 5) is 26.4. The second kappa shape index (κ2) is 9.61. The van der Waals surface area contributed by atoms with Crippen molar-refractivity contribution in [2.75, 3.05) is 6.61 Å². The zero-order valence-corrected chi connectivity index (χ0v) is 22.8. The number of cyclic esters (lactones) is 1. The number of ether oxygens (including phenoxy) is 2. The molecule has 0 bridgehead atoms. The number of carbonyl (C=O) groups excluding carboxylic acids is 2. The maximum Gasteiger partial charge on any atom is 0.374 e. The van der Waals surface area contributed by atoms with Crippen molar-refractivity contribution in [3.05, 3.63) is 88.2 Å². The highest BCUT2D eigenvalue weighted by molar-refractivity contribution is 9.11. The molecule has 5 rings (SSSR count). The smallest absolute Gasteiger partial charge is 0.374 e. The second-order valence-electron chi connectivity index (χ2n) is 9.25. The van der Waals surface area contributed by atoms with E-state index in [1.807, 2.05) is 25.1 Å². The first-order valence-electron chi connectivity index (χ1n) is 12.1. The van der Waals surface area contributed by atoms with Crippen molar-refractivity contribution in [3.8, 4) is 0 Å². The average Bonchev–Trinajstić information content (AvgIpc) is 3.27. The Hall–Kier alpha value is -3.17. The zero-order valence-electron chi connectivity index (χ0n) is 20.4. The van der Waals surface area contributed by atoms with E-state index < -0.39 is 33.3 Å². The largest absolute Gasteiger partial charge is 0.460 e. The van der Waals surface area contributed by atoms with Gasteiger partial charge in [0.05, 0.1) is 17.0 Å². The topological polar surface area (TPSA) is 91.7 Å². The van der Waals surface area contributed by atoms with Crippen molar-refractivity contribution < 1.29 is 27.5 Å². The number of fused-ring (bicyclic) bond motifs is 1. The van der Waals surface area contributed by atoms with E-state index in [0.717, 1.165) is 18.4 Å². The fourth-order valence-electron chi connectivity index (χ4n) is 5.17. The summed E-state index contributed by atoms with van der Waals surface area (Å²) in [6.45, 7) is 3.69. The van der Waals surface area contributed by atoms with Crippen LogP contribution in [0.15, 0.2) is 82.0 Å². The molecular formula is C28H26BrNO6S. The number of rotatable bonds is 5. The summed E-state index contributed by atoms with van der Waals surface area (Å²) < 4.78 is 40.1. The van der Waals surface area contributed by atoms with E-state index in [4.69, 9.17) is 9.47 Å². The van der Waals surface area contributed by atoms with E-state index >= 15 is 0 Å². The van der Waals surface area contributed by atoms with Gasteiger partial charge in [-0.05, 0) is 62.9 Å². The Kier molecular flexibility index (Phi) is 6.62. The molecule has 2 aliphatic rings. The zero-order chi connectivity index (χ0) is 26.4. The number of hydrogen-bond acceptors (Lipinski definition) is 6. The molecule has 7 nitrogen and oxygen atoms in total. The molecule has 2 atom stereocenters. The lowest BCUT2D eigenvalue weighted by Gasteiger charge is -2.42. The minimum absolute atomic E-state index is 0.126. The van der Waals surface area contributed by atoms with E-state index in [1.165, 1.54) is 3.97 Å². The first kappa shape index (κ1) is 25.5. The molecule has 0 saturated carbocycles. The van der Waals surface area contributed by atoms with Gasteiger partial charge in [-0.2, -0.15) is 0 Å². The van der Waals surface area contributed by atoms with Crippen LogP contribution >= 0.6 is 15.9 Å². The number of nitrogens with zero attached hydrogens (tertiary/aromatic N) is 1. The van der Waals surface area contributed by atoms with Crippen LogP contribution in [0.2, 0.25) is 0 Å². The van der Waals surface area contributed by atoms with Gasteiger partial charge in [-0.15, -0.1) is 0 Å². The van der Waals surface area contributed by atoms with Crippen molar-refractivity contribution >= 4 is 48.8 Å². The lowest BCUT2D eigenvalue weighted by molar-refractivity contribution is -0.159. The van der Waals surface area contributed by atoms with Gasteiger partial charge in [0, 0.05) is 22.0 Å². The van der Waals surface area contributed by atoms with Crippen LogP contribution in [0, 0.1) is 12.3 Å². The summed E-state index contributed by atoms with van der Waals surface area (Å²) >= 11 is 3.62. The Bertz CT molecular complexity index is 1570. The van der Waals surface area contributed by atoms with Crippen LogP contribution in [0.25, 0.3) is 10.9 Å². The molecule has 2 heterocycles. The van der Waals surface area contributed by atoms with Gasteiger partial charge in [0.15, 0.2) is 0 Å². The Morgan fingerprint density at radius 1 is 1.19 bits per heavy atom. The van der Waals surface area contributed by atoms with Crippen LogP contribution in [0.3, 0.4) is 0 Å². The molecule has 0 amide bonds. The van der Waals surface area contributed by atoms with Gasteiger partial charge in [0.1, 0.15) is 5.41 Å². The number of allylic oxidation sites excluding steroid dienone is 2. The highest BCUT2D eigenvalue weighted by Crippen LogP contribution is 2.56. The third kappa shape index (κ3) is 4.14. The normalized spacial score (nSPS) is 21.9. The van der Waals surface area contributed by atoms with E-state index in [-0.39, 0.29) is 17.3 Å². The molecule has 0 fully saturated rings. The van der Waals surface area contributed by atoms with E-state index in [0.29, 0.717) is 27.4 Å². The summed E-state index contributed by atoms with van der Waals surface area (Å²) in [6, 6.07) is 13.8. The SMILES string of the molecule is CCOC(=O)C1=C[C@@H](c2cn(S(=O)(=O)c3ccc(C)cc3)c3ccccc23)[C@@]2(CCCC=C2Br)C(=O)O1. The van der Waals surface area contributed by atoms with Crippen LogP contribution in [-0.4, -0.2) is 30.9 Å². The summed E-state index contributed by atoms with van der Waals surface area (Å²) in [5, 5.41) is 0.669. The third-order valence-electron chi connectivity index (χ3n) is 7.04. The molecule has 37 heavy (non-hydrogen) atoms. The molecule has 3 aromatic rings. The average molecular weight is 584 g/mol. The summed E-state index contributed by atoms with van der Waals surface area (Å²) in [7, 11) is -3.95. The predicted octanol–water partition coefficient (Wildman–Crippen LogP) is 5.72. The van der Waals surface area contributed by atoms with E-state index in [2.05, 4.69) is 15.9 Å². The fraction of sp³-hybridized carbons (Fsp3) is 0.286. The van der Waals surface area contributed by atoms with Gasteiger partial charge < -0.3 is 9.47 Å². The predicted molar refractivity (Wildman–Crippen MR) is 143 cm³/mol. The number of aryl methyl sites for hydroxylation is 1. The molecule has 9 heteroatoms. The minimum Gasteiger partial charge on any atom is -0.460 e. The Morgan fingerprint density at radius 3 is 2.62 bits per heavy atom. The first-order chi connectivity index (χ1) is 17.7. The monoisotopic (exact) mass is 583 g/mol. The van der Waals surface area contributed by atoms with Crippen molar-refractivity contribution in [1.29, 1.82) is 0 Å². The van der Waals surface area contributed by atoms with Crippen molar-refractivity contribution in [2.45, 2.75) is 43.9 Å². The molecule has 0 saturated heterocycles. The van der Waals surface area contributed by atoms with Crippen LogP contribution < -0.4 is 0 Å². The molecular weight excluding hydrogens is 558 g/mol. The second-order valence-corrected chi connectivity index (χ2v) is 11.9. The lowest BCUT2D eigenvalue weighted by Crippen LogP contribution is -2.43. The van der Waals surface area contributed by atoms with Crippen LogP contribution in [0.4, 0.5) is 0 Å². The molecule has 0 N–H and O–H groups in total. The Balaban J connectivity index is 1.77. The molecule has 1 aliphatic heterocycles. The molecule has 1 spiro atoms. The highest BCUT2D eigenvalue weighted by atomic mass is 79.9. The number of esters is 2. The van der Waals surface area contributed by atoms with Crippen molar-refractivity contribution in [1.82, 2.24) is 3.97 Å². The standard InChI is InChI=1S/C28H26BrNO6S/c1-3-35-26(31)24-16-22(28(27(32)36-24)15-7-6-10-25(28)29)21-17-30(23-9-5-4-8-20(21)23)37(33,34)19-13-11-18(2)12-14-19/h4-5,8-14,16-17,22H,3,6-7,15H2,1-2H3/t22-,28+/m0/s1. The van der Waals surface area contributed by atoms with Crippen LogP contribution in [0.1, 0.15) is 43.2 Å². The third-order valence-corrected chi connectivity index (χ3v) is 9.76. The van der Waals surface area contributed by atoms with Crippen molar-refractivity contribution in [2.24, 2.45) is 5.41 Å². The van der Waals surface area contributed by atoms with E-state index in [1.54, 1.807) is 55.6 Å². The van der Waals surface area contributed by atoms with Gasteiger partial charge in [0.2, 0.25) is 5.76 Å². The molecule has 2 aromatic carbocycles. The molecule has 0 unspecified atom stereocenters. The minimum atomic E-state index is -3.95. The number of carbonyl (C=O) groups is 2. The number of benzene rings is 2. The lowest BCUT2D eigenvalue weighted by atomic mass is 9.65. The number of para-hydroxylation sites is 1. The Labute approximate surface area is 223 Å². The maximum absolute atomic E-state index is 13.8. The quantitative estimate of drug-likeness (QED) is 0.356. The number of aromatic nitrogens is 1. The molecule has 1 aromatic heterocycles. The Morgan fingerprint density at radius 2 is 1.92 bits per heavy atom. The number of halogens is 1. The number of hydrogen-bond donors (Lipinski definition) is 0. The molecule has 192 valence electrons. The van der Waals surface area contributed by atoms with Crippen LogP contribution in [0.5, 0.6) is 0 Å². The summed E-state index contributed by atoms with van der Waals surface area (Å²) in [6.07, 6.45) is 7.13. The van der Waals surface area contributed by atoms with Gasteiger partial charge >= 0.3 is 11.9 Å².